The molecule has 0 saturated heterocycles. The van der Waals surface area contributed by atoms with E-state index < -0.39 is 17.9 Å². The number of hydrogen-bond donors (Lipinski definition) is 0. The zero-order valence-corrected chi connectivity index (χ0v) is 22.4. The van der Waals surface area contributed by atoms with Crippen LogP contribution in [0.15, 0.2) is 72.2 Å². The fourth-order valence-corrected chi connectivity index (χ4v) is 4.56. The van der Waals surface area contributed by atoms with E-state index >= 15 is 0 Å². The third-order valence-electron chi connectivity index (χ3n) is 6.17. The molecule has 9 nitrogen and oxygen atoms in total. The van der Waals surface area contributed by atoms with E-state index in [0.717, 1.165) is 5.56 Å². The van der Waals surface area contributed by atoms with Gasteiger partial charge in [0.15, 0.2) is 0 Å². The second-order valence-corrected chi connectivity index (χ2v) is 8.75. The van der Waals surface area contributed by atoms with Crippen molar-refractivity contribution in [1.82, 2.24) is 4.57 Å². The summed E-state index contributed by atoms with van der Waals surface area (Å²) in [7, 11) is 1.55. The van der Waals surface area contributed by atoms with Gasteiger partial charge in [0.05, 0.1) is 43.9 Å². The van der Waals surface area contributed by atoms with Gasteiger partial charge >= 0.3 is 11.9 Å². The maximum Gasteiger partial charge on any atom is 0.334 e. The minimum atomic E-state index is -0.601. The van der Waals surface area contributed by atoms with Crippen molar-refractivity contribution in [2.75, 3.05) is 20.3 Å². The Kier molecular flexibility index (Phi) is 8.70. The molecule has 0 fully saturated rings. The Morgan fingerprint density at radius 1 is 1.00 bits per heavy atom. The number of carbonyl (C=O) groups is 3. The average Bonchev–Trinajstić information content (AvgIpc) is 3.25. The molecule has 204 valence electrons. The molecule has 1 unspecified atom stereocenters. The van der Waals surface area contributed by atoms with Gasteiger partial charge in [0.1, 0.15) is 23.9 Å². The number of carbonyl (C=O) groups excluding carboxylic acids is 3. The lowest BCUT2D eigenvalue weighted by Crippen LogP contribution is -2.20. The number of esters is 2. The number of methoxy groups -OCH3 is 1. The summed E-state index contributed by atoms with van der Waals surface area (Å²) in [5.74, 6) is -0.606. The minimum Gasteiger partial charge on any atom is -0.497 e. The lowest BCUT2D eigenvalue weighted by molar-refractivity contribution is -0.139. The number of hydrogen-bond acceptors (Lipinski definition) is 8. The zero-order valence-electron chi connectivity index (χ0n) is 22.4. The van der Waals surface area contributed by atoms with Crippen molar-refractivity contribution >= 4 is 28.7 Å². The van der Waals surface area contributed by atoms with Gasteiger partial charge in [-0.2, -0.15) is 0 Å². The standard InChI is InChI=1S/C30H31NO8/c1-5-36-26(17-28(34)37-6-2)24-15-22(16-27(33)38-18-20-10-8-7-9-11-20)39-30-29(24)23-14-21(35-4)12-13-25(23)31(30)19(3)32/h7-14,16-17,24H,5-6,15,18H2,1-4H3/b22-16-,26-17+. The molecule has 9 heteroatoms. The molecule has 0 bridgehead atoms. The van der Waals surface area contributed by atoms with Crippen molar-refractivity contribution in [2.45, 2.75) is 39.7 Å². The van der Waals surface area contributed by atoms with Gasteiger partial charge in [0.2, 0.25) is 11.8 Å². The third-order valence-corrected chi connectivity index (χ3v) is 6.17. The molecule has 0 saturated carbocycles. The van der Waals surface area contributed by atoms with Crippen molar-refractivity contribution < 1.29 is 38.1 Å². The first kappa shape index (κ1) is 27.5. The molecule has 2 heterocycles. The first-order valence-corrected chi connectivity index (χ1v) is 12.7. The summed E-state index contributed by atoms with van der Waals surface area (Å²) in [6.07, 6.45) is 2.73. The van der Waals surface area contributed by atoms with Crippen LogP contribution < -0.4 is 9.47 Å². The molecule has 1 aliphatic rings. The highest BCUT2D eigenvalue weighted by Crippen LogP contribution is 2.48. The van der Waals surface area contributed by atoms with Crippen LogP contribution in [0.25, 0.3) is 10.9 Å². The van der Waals surface area contributed by atoms with Crippen LogP contribution in [0.3, 0.4) is 0 Å². The average molecular weight is 534 g/mol. The third kappa shape index (κ3) is 6.14. The number of nitrogens with zero attached hydrogens (tertiary/aromatic N) is 1. The summed E-state index contributed by atoms with van der Waals surface area (Å²) in [6, 6.07) is 14.6. The second-order valence-electron chi connectivity index (χ2n) is 8.75. The summed E-state index contributed by atoms with van der Waals surface area (Å²) >= 11 is 0. The van der Waals surface area contributed by atoms with Gasteiger partial charge in [-0.05, 0) is 37.6 Å². The molecule has 0 amide bonds. The number of aromatic nitrogens is 1. The molecule has 39 heavy (non-hydrogen) atoms. The van der Waals surface area contributed by atoms with E-state index in [4.69, 9.17) is 23.7 Å². The van der Waals surface area contributed by atoms with E-state index in [0.29, 0.717) is 28.0 Å². The molecule has 4 rings (SSSR count). The Morgan fingerprint density at radius 2 is 1.74 bits per heavy atom. The van der Waals surface area contributed by atoms with E-state index in [1.807, 2.05) is 30.3 Å². The lowest BCUT2D eigenvalue weighted by Gasteiger charge is -2.28. The number of fused-ring (bicyclic) bond motifs is 3. The van der Waals surface area contributed by atoms with Gasteiger partial charge in [0.25, 0.3) is 0 Å². The van der Waals surface area contributed by atoms with Crippen LogP contribution in [0.5, 0.6) is 11.6 Å². The molecule has 1 aliphatic heterocycles. The predicted octanol–water partition coefficient (Wildman–Crippen LogP) is 5.29. The van der Waals surface area contributed by atoms with Gasteiger partial charge in [-0.25, -0.2) is 14.2 Å². The second kappa shape index (κ2) is 12.3. The smallest absolute Gasteiger partial charge is 0.334 e. The van der Waals surface area contributed by atoms with Crippen LogP contribution in [0.4, 0.5) is 0 Å². The van der Waals surface area contributed by atoms with Crippen LogP contribution in [-0.4, -0.2) is 42.7 Å². The normalized spacial score (nSPS) is 15.8. The maximum absolute atomic E-state index is 12.8. The molecule has 2 aromatic carbocycles. The number of ether oxygens (including phenoxy) is 5. The van der Waals surface area contributed by atoms with Crippen molar-refractivity contribution in [2.24, 2.45) is 0 Å². The highest BCUT2D eigenvalue weighted by Gasteiger charge is 2.36. The number of allylic oxidation sites excluding steroid dienone is 2. The Morgan fingerprint density at radius 3 is 2.41 bits per heavy atom. The molecule has 0 aliphatic carbocycles. The van der Waals surface area contributed by atoms with Crippen LogP contribution in [0, 0.1) is 0 Å². The summed E-state index contributed by atoms with van der Waals surface area (Å²) in [6.45, 7) is 5.52. The van der Waals surface area contributed by atoms with Gasteiger partial charge in [-0.1, -0.05) is 30.3 Å². The molecule has 0 radical (unpaired) electrons. The largest absolute Gasteiger partial charge is 0.497 e. The number of benzene rings is 2. The minimum absolute atomic E-state index is 0.0958. The molecular weight excluding hydrogens is 502 g/mol. The summed E-state index contributed by atoms with van der Waals surface area (Å²) in [5.41, 5.74) is 2.08. The topological polar surface area (TPSA) is 102 Å². The van der Waals surface area contributed by atoms with Crippen molar-refractivity contribution in [3.63, 3.8) is 0 Å². The first-order valence-electron chi connectivity index (χ1n) is 12.7. The number of rotatable bonds is 9. The van der Waals surface area contributed by atoms with Crippen LogP contribution in [-0.2, 0) is 30.4 Å². The Balaban J connectivity index is 1.82. The fourth-order valence-electron chi connectivity index (χ4n) is 4.56. The Hall–Kier alpha value is -4.53. The molecule has 0 spiro atoms. The fraction of sp³-hybridized carbons (Fsp3) is 0.300. The molecule has 3 aromatic rings. The summed E-state index contributed by atoms with van der Waals surface area (Å²) in [4.78, 5) is 38.0. The van der Waals surface area contributed by atoms with Gasteiger partial charge in [-0.3, -0.25) is 4.79 Å². The van der Waals surface area contributed by atoms with Gasteiger partial charge < -0.3 is 23.7 Å². The van der Waals surface area contributed by atoms with Crippen LogP contribution >= 0.6 is 0 Å². The van der Waals surface area contributed by atoms with Crippen LogP contribution in [0.2, 0.25) is 0 Å². The summed E-state index contributed by atoms with van der Waals surface area (Å²) < 4.78 is 29.5. The SMILES string of the molecule is CCOC(=O)/C=C(/OCC)C1C/C(=C/C(=O)OCc2ccccc2)Oc2c1c1cc(OC)ccc1n2C(C)=O. The van der Waals surface area contributed by atoms with E-state index in [1.165, 1.54) is 23.6 Å². The van der Waals surface area contributed by atoms with Gasteiger partial charge in [0, 0.05) is 24.3 Å². The Labute approximate surface area is 226 Å². The first-order chi connectivity index (χ1) is 18.9. The van der Waals surface area contributed by atoms with E-state index in [2.05, 4.69) is 0 Å². The quantitative estimate of drug-likeness (QED) is 0.208. The molecular formula is C30H31NO8. The molecule has 0 N–H and O–H groups in total. The van der Waals surface area contributed by atoms with E-state index in [9.17, 15) is 14.4 Å². The van der Waals surface area contributed by atoms with Crippen LogP contribution in [0.1, 0.15) is 49.0 Å². The molecule has 1 atom stereocenters. The highest BCUT2D eigenvalue weighted by atomic mass is 16.5. The zero-order chi connectivity index (χ0) is 27.9. The predicted molar refractivity (Wildman–Crippen MR) is 143 cm³/mol. The lowest BCUT2D eigenvalue weighted by atomic mass is 9.89. The van der Waals surface area contributed by atoms with E-state index in [1.54, 1.807) is 39.2 Å². The highest BCUT2D eigenvalue weighted by molar-refractivity contribution is 5.98. The Bertz CT molecular complexity index is 1430. The van der Waals surface area contributed by atoms with Crippen molar-refractivity contribution in [3.8, 4) is 11.6 Å². The maximum atomic E-state index is 12.8. The molecule has 1 aromatic heterocycles. The van der Waals surface area contributed by atoms with E-state index in [-0.39, 0.29) is 43.8 Å². The summed E-state index contributed by atoms with van der Waals surface area (Å²) in [5, 5.41) is 0.699. The van der Waals surface area contributed by atoms with Crippen molar-refractivity contribution in [1.29, 1.82) is 0 Å². The van der Waals surface area contributed by atoms with Gasteiger partial charge in [-0.15, -0.1) is 0 Å². The van der Waals surface area contributed by atoms with Crippen molar-refractivity contribution in [3.05, 3.63) is 83.3 Å². The monoisotopic (exact) mass is 533 g/mol.